The van der Waals surface area contributed by atoms with Crippen LogP contribution >= 0.6 is 15.9 Å². The van der Waals surface area contributed by atoms with Gasteiger partial charge in [-0.3, -0.25) is 4.79 Å². The van der Waals surface area contributed by atoms with Crippen LogP contribution in [0.2, 0.25) is 0 Å². The van der Waals surface area contributed by atoms with Crippen LogP contribution < -0.4 is 5.32 Å². The Bertz CT molecular complexity index is 643. The maximum absolute atomic E-state index is 13.6. The Hall–Kier alpha value is -1.75. The normalized spacial score (nSPS) is 12.0. The molecular formula is C16H14BrF2NO. The molecule has 0 saturated carbocycles. The molecule has 21 heavy (non-hydrogen) atoms. The summed E-state index contributed by atoms with van der Waals surface area (Å²) in [5.74, 6) is -2.12. The van der Waals surface area contributed by atoms with E-state index in [-0.39, 0.29) is 11.6 Å². The molecule has 1 amide bonds. The van der Waals surface area contributed by atoms with Gasteiger partial charge in [0, 0.05) is 10.5 Å². The maximum atomic E-state index is 13.6. The molecule has 0 aliphatic rings. The first-order chi connectivity index (χ1) is 10.0. The maximum Gasteiger partial charge on any atom is 0.254 e. The third-order valence-corrected chi connectivity index (χ3v) is 3.69. The summed E-state index contributed by atoms with van der Waals surface area (Å²) in [4.78, 5) is 12.1. The number of carbonyl (C=O) groups is 1. The third kappa shape index (κ3) is 3.88. The van der Waals surface area contributed by atoms with E-state index >= 15 is 0 Å². The topological polar surface area (TPSA) is 29.1 Å². The molecule has 0 aliphatic carbocycles. The summed E-state index contributed by atoms with van der Waals surface area (Å²) in [7, 11) is 0. The zero-order valence-electron chi connectivity index (χ0n) is 11.4. The predicted octanol–water partition coefficient (Wildman–Crippen LogP) is 4.61. The Balaban J connectivity index is 2.18. The molecule has 5 heteroatoms. The Kier molecular flexibility index (Phi) is 5.07. The van der Waals surface area contributed by atoms with E-state index in [0.717, 1.165) is 22.2 Å². The van der Waals surface area contributed by atoms with Crippen LogP contribution in [-0.2, 0) is 0 Å². The van der Waals surface area contributed by atoms with E-state index in [1.807, 2.05) is 31.2 Å². The molecule has 2 aromatic rings. The van der Waals surface area contributed by atoms with Crippen LogP contribution in [0.3, 0.4) is 0 Å². The van der Waals surface area contributed by atoms with Gasteiger partial charge in [0.05, 0.1) is 11.6 Å². The number of rotatable bonds is 4. The fourth-order valence-electron chi connectivity index (χ4n) is 2.03. The molecule has 0 aromatic heterocycles. The van der Waals surface area contributed by atoms with Crippen molar-refractivity contribution in [1.82, 2.24) is 5.32 Å². The van der Waals surface area contributed by atoms with Crippen LogP contribution in [0.5, 0.6) is 0 Å². The van der Waals surface area contributed by atoms with Crippen LogP contribution in [0.4, 0.5) is 8.78 Å². The van der Waals surface area contributed by atoms with Gasteiger partial charge in [0.15, 0.2) is 0 Å². The first kappa shape index (κ1) is 15.6. The number of nitrogens with one attached hydrogen (secondary N) is 1. The average molecular weight is 354 g/mol. The van der Waals surface area contributed by atoms with Crippen molar-refractivity contribution in [2.75, 3.05) is 0 Å². The van der Waals surface area contributed by atoms with Gasteiger partial charge < -0.3 is 5.32 Å². The van der Waals surface area contributed by atoms with Crippen LogP contribution in [0, 0.1) is 11.6 Å². The fourth-order valence-corrected chi connectivity index (χ4v) is 2.29. The van der Waals surface area contributed by atoms with Crippen molar-refractivity contribution in [3.63, 3.8) is 0 Å². The standard InChI is InChI=1S/C16H14BrF2NO/c1-2-15(10-3-5-11(17)6-4-10)20-16(21)13-8-7-12(18)9-14(13)19/h3-9,15H,2H2,1H3,(H,20,21)/t15-/m0/s1. The quantitative estimate of drug-likeness (QED) is 0.854. The van der Waals surface area contributed by atoms with E-state index in [9.17, 15) is 13.6 Å². The molecule has 2 nitrogen and oxygen atoms in total. The van der Waals surface area contributed by atoms with Gasteiger partial charge in [-0.15, -0.1) is 0 Å². The number of halogens is 3. The zero-order valence-corrected chi connectivity index (χ0v) is 13.0. The van der Waals surface area contributed by atoms with Crippen molar-refractivity contribution in [2.24, 2.45) is 0 Å². The number of benzene rings is 2. The SMILES string of the molecule is CC[C@H](NC(=O)c1ccc(F)cc1F)c1ccc(Br)cc1. The molecule has 0 heterocycles. The van der Waals surface area contributed by atoms with Crippen LogP contribution in [-0.4, -0.2) is 5.91 Å². The lowest BCUT2D eigenvalue weighted by Crippen LogP contribution is -2.28. The molecule has 2 aromatic carbocycles. The molecule has 2 rings (SSSR count). The van der Waals surface area contributed by atoms with E-state index in [1.165, 1.54) is 0 Å². The first-order valence-corrected chi connectivity index (χ1v) is 7.32. The van der Waals surface area contributed by atoms with Crippen molar-refractivity contribution in [3.05, 3.63) is 69.7 Å². The Morgan fingerprint density at radius 2 is 1.86 bits per heavy atom. The van der Waals surface area contributed by atoms with Gasteiger partial charge in [0.1, 0.15) is 11.6 Å². The predicted molar refractivity (Wildman–Crippen MR) is 81.0 cm³/mol. The highest BCUT2D eigenvalue weighted by Crippen LogP contribution is 2.20. The first-order valence-electron chi connectivity index (χ1n) is 6.52. The van der Waals surface area contributed by atoms with E-state index < -0.39 is 17.5 Å². The summed E-state index contributed by atoms with van der Waals surface area (Å²) >= 11 is 3.35. The Labute approximate surface area is 130 Å². The van der Waals surface area contributed by atoms with Gasteiger partial charge in [-0.25, -0.2) is 8.78 Å². The van der Waals surface area contributed by atoms with Gasteiger partial charge in [-0.05, 0) is 36.2 Å². The molecule has 0 spiro atoms. The minimum atomic E-state index is -0.863. The summed E-state index contributed by atoms with van der Waals surface area (Å²) in [5, 5.41) is 2.76. The molecule has 0 fully saturated rings. The van der Waals surface area contributed by atoms with Gasteiger partial charge in [0.25, 0.3) is 5.91 Å². The molecule has 1 atom stereocenters. The van der Waals surface area contributed by atoms with Crippen molar-refractivity contribution >= 4 is 21.8 Å². The van der Waals surface area contributed by atoms with Crippen molar-refractivity contribution < 1.29 is 13.6 Å². The van der Waals surface area contributed by atoms with Crippen molar-refractivity contribution in [3.8, 4) is 0 Å². The highest BCUT2D eigenvalue weighted by molar-refractivity contribution is 9.10. The summed E-state index contributed by atoms with van der Waals surface area (Å²) in [6, 6.07) is 10.2. The van der Waals surface area contributed by atoms with Crippen molar-refractivity contribution in [1.29, 1.82) is 0 Å². The summed E-state index contributed by atoms with van der Waals surface area (Å²) < 4.78 is 27.4. The molecule has 0 unspecified atom stereocenters. The van der Waals surface area contributed by atoms with E-state index in [2.05, 4.69) is 21.2 Å². The lowest BCUT2D eigenvalue weighted by molar-refractivity contribution is 0.0931. The highest BCUT2D eigenvalue weighted by atomic mass is 79.9. The van der Waals surface area contributed by atoms with Gasteiger partial charge in [-0.1, -0.05) is 35.0 Å². The molecule has 0 bridgehead atoms. The smallest absolute Gasteiger partial charge is 0.254 e. The van der Waals surface area contributed by atoms with Crippen molar-refractivity contribution in [2.45, 2.75) is 19.4 Å². The third-order valence-electron chi connectivity index (χ3n) is 3.16. The highest BCUT2D eigenvalue weighted by Gasteiger charge is 2.17. The summed E-state index contributed by atoms with van der Waals surface area (Å²) in [5.41, 5.74) is 0.767. The number of carbonyl (C=O) groups excluding carboxylic acids is 1. The second-order valence-electron chi connectivity index (χ2n) is 4.61. The zero-order chi connectivity index (χ0) is 15.4. The number of hydrogen-bond acceptors (Lipinski definition) is 1. The Morgan fingerprint density at radius 3 is 2.43 bits per heavy atom. The van der Waals surface area contributed by atoms with E-state index in [4.69, 9.17) is 0 Å². The molecule has 110 valence electrons. The van der Waals surface area contributed by atoms with E-state index in [0.29, 0.717) is 12.5 Å². The minimum Gasteiger partial charge on any atom is -0.345 e. The lowest BCUT2D eigenvalue weighted by Gasteiger charge is -2.18. The molecular weight excluding hydrogens is 340 g/mol. The summed E-state index contributed by atoms with van der Waals surface area (Å²) in [6.07, 6.45) is 0.663. The molecule has 0 aliphatic heterocycles. The van der Waals surface area contributed by atoms with Crippen LogP contribution in [0.25, 0.3) is 0 Å². The summed E-state index contributed by atoms with van der Waals surface area (Å²) in [6.45, 7) is 1.92. The second kappa shape index (κ2) is 6.80. The minimum absolute atomic E-state index is 0.160. The molecule has 1 N–H and O–H groups in total. The van der Waals surface area contributed by atoms with Gasteiger partial charge >= 0.3 is 0 Å². The molecule has 0 radical (unpaired) electrons. The Morgan fingerprint density at radius 1 is 1.19 bits per heavy atom. The average Bonchev–Trinajstić information content (AvgIpc) is 2.45. The van der Waals surface area contributed by atoms with E-state index in [1.54, 1.807) is 0 Å². The molecule has 0 saturated heterocycles. The van der Waals surface area contributed by atoms with Crippen LogP contribution in [0.1, 0.15) is 35.3 Å². The second-order valence-corrected chi connectivity index (χ2v) is 5.53. The monoisotopic (exact) mass is 353 g/mol. The number of amides is 1. The van der Waals surface area contributed by atoms with Gasteiger partial charge in [0.2, 0.25) is 0 Å². The fraction of sp³-hybridized carbons (Fsp3) is 0.188. The largest absolute Gasteiger partial charge is 0.345 e. The lowest BCUT2D eigenvalue weighted by atomic mass is 10.0. The van der Waals surface area contributed by atoms with Gasteiger partial charge in [-0.2, -0.15) is 0 Å². The van der Waals surface area contributed by atoms with Crippen LogP contribution in [0.15, 0.2) is 46.9 Å². The number of hydrogen-bond donors (Lipinski definition) is 1.